The summed E-state index contributed by atoms with van der Waals surface area (Å²) in [6.45, 7) is 3.65. The van der Waals surface area contributed by atoms with Crippen molar-refractivity contribution in [1.29, 1.82) is 0 Å². The van der Waals surface area contributed by atoms with Crippen molar-refractivity contribution in [2.75, 3.05) is 18.8 Å². The molecule has 1 aliphatic carbocycles. The van der Waals surface area contributed by atoms with E-state index in [-0.39, 0.29) is 16.9 Å². The van der Waals surface area contributed by atoms with E-state index in [4.69, 9.17) is 0 Å². The van der Waals surface area contributed by atoms with E-state index in [9.17, 15) is 9.00 Å². The van der Waals surface area contributed by atoms with Gasteiger partial charge in [-0.1, -0.05) is 43.5 Å². The molecule has 2 aliphatic rings. The van der Waals surface area contributed by atoms with Crippen molar-refractivity contribution in [3.05, 3.63) is 35.4 Å². The lowest BCUT2D eigenvalue weighted by Crippen LogP contribution is -2.38. The molecular weight excluding hydrogens is 330 g/mol. The quantitative estimate of drug-likeness (QED) is 0.771. The van der Waals surface area contributed by atoms with Gasteiger partial charge in [-0.25, -0.2) is 0 Å². The first-order valence-corrected chi connectivity index (χ1v) is 11.3. The smallest absolute Gasteiger partial charge is 0.235 e. The summed E-state index contributed by atoms with van der Waals surface area (Å²) in [7, 11) is -1.15. The average molecular weight is 362 g/mol. The predicted octanol–water partition coefficient (Wildman–Crippen LogP) is 4.56. The highest BCUT2D eigenvalue weighted by molar-refractivity contribution is 7.86. The first-order valence-electron chi connectivity index (χ1n) is 9.90. The van der Waals surface area contributed by atoms with E-state index in [2.05, 4.69) is 24.3 Å². The molecule has 1 heterocycles. The van der Waals surface area contributed by atoms with Crippen LogP contribution in [0.5, 0.6) is 0 Å². The SMILES string of the molecule is CC(c1ccc(C2CCCCC2)cc1)S(=O)CC(=O)N1CCCCC1. The lowest BCUT2D eigenvalue weighted by Gasteiger charge is -2.27. The molecule has 1 aliphatic heterocycles. The zero-order valence-corrected chi connectivity index (χ0v) is 16.2. The van der Waals surface area contributed by atoms with E-state index in [1.54, 1.807) is 0 Å². The summed E-state index contributed by atoms with van der Waals surface area (Å²) in [6.07, 6.45) is 10.0. The maximum atomic E-state index is 12.6. The number of carbonyl (C=O) groups is 1. The molecule has 1 amide bonds. The van der Waals surface area contributed by atoms with Gasteiger partial charge in [0, 0.05) is 23.9 Å². The standard InChI is InChI=1S/C21H31NO2S/c1-17(25(24)16-21(23)22-14-6-3-7-15-22)18-10-12-20(13-11-18)19-8-4-2-5-9-19/h10-13,17,19H,2-9,14-16H2,1H3. The van der Waals surface area contributed by atoms with Crippen LogP contribution in [0.15, 0.2) is 24.3 Å². The summed E-state index contributed by atoms with van der Waals surface area (Å²) in [6, 6.07) is 8.67. The molecule has 1 aromatic rings. The highest BCUT2D eigenvalue weighted by Gasteiger charge is 2.22. The molecule has 25 heavy (non-hydrogen) atoms. The molecule has 0 bridgehead atoms. The fourth-order valence-electron chi connectivity index (χ4n) is 4.11. The van der Waals surface area contributed by atoms with Gasteiger partial charge in [-0.15, -0.1) is 0 Å². The van der Waals surface area contributed by atoms with Crippen LogP contribution in [0.4, 0.5) is 0 Å². The normalized spacial score (nSPS) is 21.7. The summed E-state index contributed by atoms with van der Waals surface area (Å²) in [5.41, 5.74) is 2.51. The monoisotopic (exact) mass is 361 g/mol. The van der Waals surface area contributed by atoms with E-state index >= 15 is 0 Å². The second-order valence-electron chi connectivity index (χ2n) is 7.61. The Morgan fingerprint density at radius 1 is 1.04 bits per heavy atom. The average Bonchev–Trinajstić information content (AvgIpc) is 2.69. The first-order chi connectivity index (χ1) is 12.1. The van der Waals surface area contributed by atoms with Crippen LogP contribution in [0.2, 0.25) is 0 Å². The van der Waals surface area contributed by atoms with E-state index in [1.807, 2.05) is 11.8 Å². The number of amides is 1. The van der Waals surface area contributed by atoms with E-state index in [0.29, 0.717) is 5.92 Å². The van der Waals surface area contributed by atoms with Crippen LogP contribution in [0.3, 0.4) is 0 Å². The van der Waals surface area contributed by atoms with Crippen LogP contribution in [-0.4, -0.2) is 33.9 Å². The highest BCUT2D eigenvalue weighted by atomic mass is 32.2. The summed E-state index contributed by atoms with van der Waals surface area (Å²) >= 11 is 0. The van der Waals surface area contributed by atoms with E-state index in [1.165, 1.54) is 44.1 Å². The lowest BCUT2D eigenvalue weighted by molar-refractivity contribution is -0.129. The number of rotatable bonds is 5. The van der Waals surface area contributed by atoms with Crippen molar-refractivity contribution >= 4 is 16.7 Å². The third-order valence-corrected chi connectivity index (χ3v) is 7.44. The number of nitrogens with zero attached hydrogens (tertiary/aromatic N) is 1. The Morgan fingerprint density at radius 2 is 1.64 bits per heavy atom. The Bertz CT molecular complexity index is 586. The second kappa shape index (κ2) is 8.98. The zero-order valence-electron chi connectivity index (χ0n) is 15.4. The van der Waals surface area contributed by atoms with Gasteiger partial charge in [0.15, 0.2) is 0 Å². The van der Waals surface area contributed by atoms with Gasteiger partial charge >= 0.3 is 0 Å². The minimum absolute atomic E-state index is 0.0590. The van der Waals surface area contributed by atoms with Crippen LogP contribution in [-0.2, 0) is 15.6 Å². The first kappa shape index (κ1) is 18.6. The minimum Gasteiger partial charge on any atom is -0.342 e. The minimum atomic E-state index is -1.15. The summed E-state index contributed by atoms with van der Waals surface area (Å²) in [4.78, 5) is 14.2. The van der Waals surface area contributed by atoms with Gasteiger partial charge in [-0.2, -0.15) is 0 Å². The Kier molecular flexibility index (Phi) is 6.69. The van der Waals surface area contributed by atoms with Crippen LogP contribution in [0.25, 0.3) is 0 Å². The maximum absolute atomic E-state index is 12.6. The summed E-state index contributed by atoms with van der Waals surface area (Å²) in [5.74, 6) is 0.916. The molecule has 0 N–H and O–H groups in total. The van der Waals surface area contributed by atoms with Crippen molar-refractivity contribution in [3.8, 4) is 0 Å². The maximum Gasteiger partial charge on any atom is 0.235 e. The fourth-order valence-corrected chi connectivity index (χ4v) is 5.24. The Labute approximate surface area is 154 Å². The van der Waals surface area contributed by atoms with Crippen LogP contribution in [0, 0.1) is 0 Å². The van der Waals surface area contributed by atoms with Crippen molar-refractivity contribution in [2.24, 2.45) is 0 Å². The van der Waals surface area contributed by atoms with Crippen molar-refractivity contribution < 1.29 is 9.00 Å². The van der Waals surface area contributed by atoms with E-state index < -0.39 is 10.8 Å². The van der Waals surface area contributed by atoms with Gasteiger partial charge in [0.25, 0.3) is 0 Å². The molecule has 0 aromatic heterocycles. The van der Waals surface area contributed by atoms with Gasteiger partial charge in [-0.3, -0.25) is 9.00 Å². The number of likely N-dealkylation sites (tertiary alicyclic amines) is 1. The molecule has 0 spiro atoms. The van der Waals surface area contributed by atoms with Crippen LogP contribution in [0.1, 0.15) is 80.6 Å². The Morgan fingerprint density at radius 3 is 2.28 bits per heavy atom. The molecule has 138 valence electrons. The van der Waals surface area contributed by atoms with Gasteiger partial charge < -0.3 is 4.90 Å². The molecule has 0 radical (unpaired) electrons. The number of piperidine rings is 1. The van der Waals surface area contributed by atoms with E-state index in [0.717, 1.165) is 31.5 Å². The molecule has 3 nitrogen and oxygen atoms in total. The number of hydrogen-bond donors (Lipinski definition) is 0. The van der Waals surface area contributed by atoms with Crippen LogP contribution < -0.4 is 0 Å². The largest absolute Gasteiger partial charge is 0.342 e. The van der Waals surface area contributed by atoms with Gasteiger partial charge in [-0.05, 0) is 56.1 Å². The molecule has 1 aromatic carbocycles. The molecule has 2 fully saturated rings. The van der Waals surface area contributed by atoms with Crippen LogP contribution >= 0.6 is 0 Å². The zero-order chi connectivity index (χ0) is 17.6. The number of benzene rings is 1. The Balaban J connectivity index is 1.56. The molecule has 1 saturated carbocycles. The lowest BCUT2D eigenvalue weighted by atomic mass is 9.84. The summed E-state index contributed by atoms with van der Waals surface area (Å²) < 4.78 is 12.6. The third kappa shape index (κ3) is 4.93. The van der Waals surface area contributed by atoms with Gasteiger partial charge in [0.05, 0.1) is 5.25 Å². The van der Waals surface area contributed by atoms with Gasteiger partial charge in [0.1, 0.15) is 5.75 Å². The molecular formula is C21H31NO2S. The van der Waals surface area contributed by atoms with Gasteiger partial charge in [0.2, 0.25) is 5.91 Å². The Hall–Kier alpha value is -1.16. The van der Waals surface area contributed by atoms with Crippen molar-refractivity contribution in [2.45, 2.75) is 69.5 Å². The molecule has 4 heteroatoms. The topological polar surface area (TPSA) is 37.4 Å². The molecule has 3 rings (SSSR count). The van der Waals surface area contributed by atoms with Crippen molar-refractivity contribution in [1.82, 2.24) is 4.90 Å². The fraction of sp³-hybridized carbons (Fsp3) is 0.667. The molecule has 2 atom stereocenters. The third-order valence-electron chi connectivity index (χ3n) is 5.85. The number of hydrogen-bond acceptors (Lipinski definition) is 2. The molecule has 2 unspecified atom stereocenters. The predicted molar refractivity (Wildman–Crippen MR) is 104 cm³/mol. The summed E-state index contributed by atoms with van der Waals surface area (Å²) in [5, 5.41) is -0.0888. The molecule has 1 saturated heterocycles. The highest BCUT2D eigenvalue weighted by Crippen LogP contribution is 2.33. The van der Waals surface area contributed by atoms with Crippen molar-refractivity contribution in [3.63, 3.8) is 0 Å². The number of carbonyl (C=O) groups excluding carboxylic acids is 1. The second-order valence-corrected chi connectivity index (χ2v) is 9.37.